The van der Waals surface area contributed by atoms with Gasteiger partial charge in [-0.1, -0.05) is 57.0 Å². The van der Waals surface area contributed by atoms with E-state index in [2.05, 4.69) is 12.2 Å². The van der Waals surface area contributed by atoms with Gasteiger partial charge in [-0.3, -0.25) is 15.4 Å². The number of rotatable bonds is 6. The Hall–Kier alpha value is -2.25. The summed E-state index contributed by atoms with van der Waals surface area (Å²) in [6.45, 7) is 4.11. The van der Waals surface area contributed by atoms with Crippen molar-refractivity contribution in [1.82, 2.24) is 5.32 Å². The van der Waals surface area contributed by atoms with Crippen molar-refractivity contribution in [2.24, 2.45) is 0 Å². The topological polar surface area (TPSA) is 89.3 Å². The van der Waals surface area contributed by atoms with Gasteiger partial charge in [0.15, 0.2) is 9.84 Å². The van der Waals surface area contributed by atoms with Crippen LogP contribution >= 0.6 is 0 Å². The second-order valence-electron chi connectivity index (χ2n) is 7.46. The van der Waals surface area contributed by atoms with Gasteiger partial charge in [-0.15, -0.1) is 0 Å². The van der Waals surface area contributed by atoms with Crippen LogP contribution in [0.3, 0.4) is 0 Å². The number of nitrogens with zero attached hydrogens (tertiary/aromatic N) is 1. The molecule has 0 amide bonds. The molecule has 0 bridgehead atoms. The number of fused-ring (bicyclic) bond motifs is 1. The van der Waals surface area contributed by atoms with Crippen molar-refractivity contribution in [3.05, 3.63) is 69.8 Å². The van der Waals surface area contributed by atoms with Crippen LogP contribution in [-0.2, 0) is 9.84 Å². The molecule has 0 aliphatic carbocycles. The molecule has 6 nitrogen and oxygen atoms in total. The normalized spacial score (nSPS) is 23.6. The lowest BCUT2D eigenvalue weighted by molar-refractivity contribution is -0.384. The van der Waals surface area contributed by atoms with E-state index in [-0.39, 0.29) is 17.5 Å². The van der Waals surface area contributed by atoms with E-state index in [4.69, 9.17) is 0 Å². The summed E-state index contributed by atoms with van der Waals surface area (Å²) in [4.78, 5) is 10.9. The fourth-order valence-electron chi connectivity index (χ4n) is 3.96. The maximum atomic E-state index is 13.2. The van der Waals surface area contributed by atoms with E-state index in [1.54, 1.807) is 24.3 Å². The lowest BCUT2D eigenvalue weighted by Gasteiger charge is -2.35. The molecule has 2 unspecified atom stereocenters. The predicted octanol–water partition coefficient (Wildman–Crippen LogP) is 4.40. The molecule has 1 N–H and O–H groups in total. The molecule has 1 heterocycles. The second-order valence-corrected chi connectivity index (χ2v) is 9.42. The zero-order valence-electron chi connectivity index (χ0n) is 16.2. The summed E-state index contributed by atoms with van der Waals surface area (Å²) in [7, 11) is -3.46. The molecule has 28 heavy (non-hydrogen) atoms. The minimum Gasteiger partial charge on any atom is -0.300 e. The highest BCUT2D eigenvalue weighted by Gasteiger charge is 2.41. The van der Waals surface area contributed by atoms with Crippen molar-refractivity contribution in [3.63, 3.8) is 0 Å². The number of nitrogens with one attached hydrogen (secondary N) is 1. The van der Waals surface area contributed by atoms with E-state index in [9.17, 15) is 18.5 Å². The summed E-state index contributed by atoms with van der Waals surface area (Å²) in [6.07, 6.45) is 3.36. The first kappa shape index (κ1) is 20.5. The van der Waals surface area contributed by atoms with Gasteiger partial charge in [0.2, 0.25) is 0 Å². The van der Waals surface area contributed by atoms with Crippen LogP contribution in [0.1, 0.15) is 56.7 Å². The van der Waals surface area contributed by atoms with E-state index < -0.39 is 20.3 Å². The monoisotopic (exact) mass is 402 g/mol. The zero-order valence-corrected chi connectivity index (χ0v) is 17.0. The van der Waals surface area contributed by atoms with Gasteiger partial charge in [-0.25, -0.2) is 8.42 Å². The first-order chi connectivity index (χ1) is 13.3. The van der Waals surface area contributed by atoms with Crippen molar-refractivity contribution in [2.45, 2.75) is 56.0 Å². The largest absolute Gasteiger partial charge is 0.300 e. The van der Waals surface area contributed by atoms with Crippen molar-refractivity contribution >= 4 is 15.5 Å². The number of hydrogen-bond acceptors (Lipinski definition) is 5. The third-order valence-electron chi connectivity index (χ3n) is 5.60. The minimum absolute atomic E-state index is 0.0195. The van der Waals surface area contributed by atoms with Gasteiger partial charge in [-0.2, -0.15) is 0 Å². The molecular weight excluding hydrogens is 376 g/mol. The third kappa shape index (κ3) is 3.95. The highest BCUT2D eigenvalue weighted by atomic mass is 32.2. The van der Waals surface area contributed by atoms with E-state index in [1.807, 2.05) is 19.1 Å². The summed E-state index contributed by atoms with van der Waals surface area (Å²) in [5.74, 6) is 0.0526. The molecule has 0 radical (unpaired) electrons. The number of hydrogen-bond donors (Lipinski definition) is 1. The van der Waals surface area contributed by atoms with Crippen LogP contribution in [0.5, 0.6) is 0 Å². The van der Waals surface area contributed by atoms with Crippen LogP contribution < -0.4 is 5.32 Å². The van der Waals surface area contributed by atoms with E-state index in [0.717, 1.165) is 24.8 Å². The number of non-ortho nitro benzene ring substituents is 1. The highest BCUT2D eigenvalue weighted by Crippen LogP contribution is 2.38. The van der Waals surface area contributed by atoms with E-state index in [0.29, 0.717) is 16.9 Å². The van der Waals surface area contributed by atoms with Gasteiger partial charge in [0.05, 0.1) is 21.6 Å². The number of nitro groups is 1. The average molecular weight is 403 g/mol. The smallest absolute Gasteiger partial charge is 0.269 e. The first-order valence-corrected chi connectivity index (χ1v) is 11.3. The standard InChI is InChI=1S/C21H26N2O4S/c1-3-5-14-21(4-2)15-28(26,27)19-9-7-6-8-18(19)20(22-21)16-10-12-17(13-11-16)23(24)25/h6-13,20,22H,3-5,14-15H2,1-2H3. The Bertz CT molecular complexity index is 957. The van der Waals surface area contributed by atoms with Crippen LogP contribution in [0.25, 0.3) is 0 Å². The molecule has 0 saturated heterocycles. The molecule has 3 rings (SSSR count). The van der Waals surface area contributed by atoms with Crippen molar-refractivity contribution in [1.29, 1.82) is 0 Å². The van der Waals surface area contributed by atoms with Crippen molar-refractivity contribution < 1.29 is 13.3 Å². The van der Waals surface area contributed by atoms with Gasteiger partial charge in [0.25, 0.3) is 5.69 Å². The quantitative estimate of drug-likeness (QED) is 0.571. The van der Waals surface area contributed by atoms with Crippen molar-refractivity contribution in [2.75, 3.05) is 5.75 Å². The average Bonchev–Trinajstić information content (AvgIpc) is 2.79. The number of benzene rings is 2. The molecule has 0 spiro atoms. The van der Waals surface area contributed by atoms with Crippen LogP contribution in [0.2, 0.25) is 0 Å². The molecule has 0 fully saturated rings. The summed E-state index contributed by atoms with van der Waals surface area (Å²) in [5, 5.41) is 14.6. The molecular formula is C21H26N2O4S. The highest BCUT2D eigenvalue weighted by molar-refractivity contribution is 7.91. The zero-order chi connectivity index (χ0) is 20.4. The summed E-state index contributed by atoms with van der Waals surface area (Å²) < 4.78 is 26.4. The Labute approximate surface area is 166 Å². The Balaban J connectivity index is 2.15. The van der Waals surface area contributed by atoms with Gasteiger partial charge < -0.3 is 0 Å². The number of sulfone groups is 1. The third-order valence-corrected chi connectivity index (χ3v) is 7.58. The SMILES string of the molecule is CCCCC1(CC)CS(=O)(=O)c2ccccc2C(c2ccc([N+](=O)[O-])cc2)N1. The van der Waals surface area contributed by atoms with Crippen LogP contribution in [0, 0.1) is 10.1 Å². The van der Waals surface area contributed by atoms with Crippen LogP contribution in [0.15, 0.2) is 53.4 Å². The van der Waals surface area contributed by atoms with Crippen LogP contribution in [-0.4, -0.2) is 24.6 Å². The lowest BCUT2D eigenvalue weighted by atomic mass is 9.88. The van der Waals surface area contributed by atoms with Gasteiger partial charge in [0.1, 0.15) is 0 Å². The lowest BCUT2D eigenvalue weighted by Crippen LogP contribution is -2.50. The fourth-order valence-corrected chi connectivity index (χ4v) is 6.11. The van der Waals surface area contributed by atoms with Gasteiger partial charge in [-0.05, 0) is 30.0 Å². The molecule has 1 aliphatic heterocycles. The molecule has 0 aromatic heterocycles. The molecule has 2 aromatic carbocycles. The molecule has 0 saturated carbocycles. The Morgan fingerprint density at radius 2 is 1.82 bits per heavy atom. The Morgan fingerprint density at radius 3 is 2.43 bits per heavy atom. The Morgan fingerprint density at radius 1 is 1.14 bits per heavy atom. The first-order valence-electron chi connectivity index (χ1n) is 9.65. The maximum absolute atomic E-state index is 13.2. The summed E-state index contributed by atoms with van der Waals surface area (Å²) >= 11 is 0. The summed E-state index contributed by atoms with van der Waals surface area (Å²) in [5.41, 5.74) is 0.999. The fraction of sp³-hybridized carbons (Fsp3) is 0.429. The minimum atomic E-state index is -3.46. The second kappa shape index (κ2) is 8.01. The molecule has 2 atom stereocenters. The molecule has 2 aromatic rings. The van der Waals surface area contributed by atoms with Crippen LogP contribution in [0.4, 0.5) is 5.69 Å². The number of unbranched alkanes of at least 4 members (excludes halogenated alkanes) is 1. The van der Waals surface area contributed by atoms with Gasteiger partial charge >= 0.3 is 0 Å². The molecule has 150 valence electrons. The van der Waals surface area contributed by atoms with E-state index in [1.165, 1.54) is 12.1 Å². The molecule has 1 aliphatic rings. The van der Waals surface area contributed by atoms with E-state index >= 15 is 0 Å². The summed E-state index contributed by atoms with van der Waals surface area (Å²) in [6, 6.07) is 13.1. The van der Waals surface area contributed by atoms with Gasteiger partial charge in [0, 0.05) is 17.7 Å². The van der Waals surface area contributed by atoms with Crippen molar-refractivity contribution in [3.8, 4) is 0 Å². The molecule has 7 heteroatoms. The number of nitro benzene ring substituents is 1. The predicted molar refractivity (Wildman–Crippen MR) is 109 cm³/mol. The Kier molecular flexibility index (Phi) is 5.86. The maximum Gasteiger partial charge on any atom is 0.269 e.